The number of rotatable bonds is 4. The molecule has 0 aromatic heterocycles. The Hall–Kier alpha value is -1.46. The van der Waals surface area contributed by atoms with Crippen LogP contribution in [0.25, 0.3) is 0 Å². The number of nitrogens with zero attached hydrogens (tertiary/aromatic N) is 1. The Bertz CT molecular complexity index is 556. The lowest BCUT2D eigenvalue weighted by molar-refractivity contribution is -0.140. The summed E-state index contributed by atoms with van der Waals surface area (Å²) in [6.07, 6.45) is 1.75. The van der Waals surface area contributed by atoms with Gasteiger partial charge in [-0.2, -0.15) is 0 Å². The molecule has 0 bridgehead atoms. The summed E-state index contributed by atoms with van der Waals surface area (Å²) in [5, 5.41) is 14.0. The highest BCUT2D eigenvalue weighted by Gasteiger charge is 2.31. The number of halogens is 1. The lowest BCUT2D eigenvalue weighted by Crippen LogP contribution is -2.50. The predicted molar refractivity (Wildman–Crippen MR) is 93.0 cm³/mol. The van der Waals surface area contributed by atoms with Crippen LogP contribution in [-0.4, -0.2) is 41.6 Å². The van der Waals surface area contributed by atoms with Gasteiger partial charge >= 0.3 is 0 Å². The number of hydrogen-bond donors (Lipinski definition) is 2. The fourth-order valence-electron chi connectivity index (χ4n) is 3.02. The molecule has 2 rings (SSSR count). The molecule has 1 unspecified atom stereocenters. The highest BCUT2D eigenvalue weighted by molar-refractivity contribution is 5.81. The van der Waals surface area contributed by atoms with E-state index in [1.165, 1.54) is 12.1 Å². The van der Waals surface area contributed by atoms with E-state index < -0.39 is 5.60 Å². The highest BCUT2D eigenvalue weighted by Crippen LogP contribution is 2.23. The number of amides is 1. The van der Waals surface area contributed by atoms with E-state index in [4.69, 9.17) is 0 Å². The number of likely N-dealkylation sites (tertiary alicyclic amines) is 1. The third kappa shape index (κ3) is 4.77. The molecule has 1 aliphatic heterocycles. The third-order valence-electron chi connectivity index (χ3n) is 4.62. The van der Waals surface area contributed by atoms with Crippen LogP contribution in [0.1, 0.15) is 46.1 Å². The van der Waals surface area contributed by atoms with Crippen LogP contribution in [0.3, 0.4) is 0 Å². The summed E-state index contributed by atoms with van der Waals surface area (Å²) in [7, 11) is 0. The fraction of sp³-hybridized carbons (Fsp3) is 0.632. The van der Waals surface area contributed by atoms with Crippen LogP contribution in [0.5, 0.6) is 0 Å². The summed E-state index contributed by atoms with van der Waals surface area (Å²) in [6, 6.07) is 6.23. The molecule has 2 N–H and O–H groups in total. The van der Waals surface area contributed by atoms with Crippen molar-refractivity contribution in [2.75, 3.05) is 19.6 Å². The van der Waals surface area contributed by atoms with Gasteiger partial charge in [0.1, 0.15) is 5.82 Å². The standard InChI is InChI=1S/C19H29FN2O2/c1-18(2,3)17(23)22-11-9-16(10-12-22)21-13-19(4,24)14-5-7-15(20)8-6-14/h5-8,16,21,24H,9-13H2,1-4H3. The average molecular weight is 336 g/mol. The van der Waals surface area contributed by atoms with Crippen molar-refractivity contribution in [3.05, 3.63) is 35.6 Å². The van der Waals surface area contributed by atoms with Crippen LogP contribution >= 0.6 is 0 Å². The lowest BCUT2D eigenvalue weighted by Gasteiger charge is -2.37. The predicted octanol–water partition coefficient (Wildman–Crippen LogP) is 2.66. The number of benzene rings is 1. The van der Waals surface area contributed by atoms with E-state index in [1.54, 1.807) is 19.1 Å². The molecule has 0 saturated carbocycles. The number of carbonyl (C=O) groups excluding carboxylic acids is 1. The first-order valence-electron chi connectivity index (χ1n) is 8.61. The Morgan fingerprint density at radius 1 is 1.21 bits per heavy atom. The molecule has 5 heteroatoms. The number of carbonyl (C=O) groups is 1. The van der Waals surface area contributed by atoms with Crippen molar-refractivity contribution < 1.29 is 14.3 Å². The molecule has 1 fully saturated rings. The minimum absolute atomic E-state index is 0.194. The van der Waals surface area contributed by atoms with Gasteiger partial charge in [0.05, 0.1) is 5.60 Å². The van der Waals surface area contributed by atoms with Gasteiger partial charge in [-0.15, -0.1) is 0 Å². The average Bonchev–Trinajstić information content (AvgIpc) is 2.52. The number of hydrogen-bond acceptors (Lipinski definition) is 3. The first-order valence-corrected chi connectivity index (χ1v) is 8.61. The molecule has 1 amide bonds. The molecular weight excluding hydrogens is 307 g/mol. The molecule has 0 aliphatic carbocycles. The zero-order chi connectivity index (χ0) is 18.0. The summed E-state index contributed by atoms with van der Waals surface area (Å²) >= 11 is 0. The van der Waals surface area contributed by atoms with Crippen molar-refractivity contribution >= 4 is 5.91 Å². The molecule has 1 saturated heterocycles. The van der Waals surface area contributed by atoms with Gasteiger partial charge in [-0.05, 0) is 37.5 Å². The topological polar surface area (TPSA) is 52.6 Å². The monoisotopic (exact) mass is 336 g/mol. The van der Waals surface area contributed by atoms with Crippen molar-refractivity contribution in [3.63, 3.8) is 0 Å². The molecule has 134 valence electrons. The first-order chi connectivity index (χ1) is 11.1. The maximum Gasteiger partial charge on any atom is 0.227 e. The second-order valence-corrected chi connectivity index (χ2v) is 7.98. The van der Waals surface area contributed by atoms with Crippen LogP contribution in [0, 0.1) is 11.2 Å². The first kappa shape index (κ1) is 18.9. The molecule has 1 aromatic rings. The van der Waals surface area contributed by atoms with E-state index in [0.717, 1.165) is 25.9 Å². The van der Waals surface area contributed by atoms with Gasteiger partial charge in [0.2, 0.25) is 5.91 Å². The zero-order valence-electron chi connectivity index (χ0n) is 15.1. The van der Waals surface area contributed by atoms with E-state index in [0.29, 0.717) is 12.1 Å². The summed E-state index contributed by atoms with van der Waals surface area (Å²) in [5.74, 6) is -0.113. The van der Waals surface area contributed by atoms with Crippen LogP contribution in [0.2, 0.25) is 0 Å². The Balaban J connectivity index is 1.84. The SMILES string of the molecule is CC(C)(C)C(=O)N1CCC(NCC(C)(O)c2ccc(F)cc2)CC1. The quantitative estimate of drug-likeness (QED) is 0.889. The van der Waals surface area contributed by atoms with Crippen LogP contribution in [-0.2, 0) is 10.4 Å². The smallest absolute Gasteiger partial charge is 0.227 e. The van der Waals surface area contributed by atoms with Gasteiger partial charge in [0.25, 0.3) is 0 Å². The van der Waals surface area contributed by atoms with E-state index in [2.05, 4.69) is 5.32 Å². The second kappa shape index (κ2) is 7.19. The summed E-state index contributed by atoms with van der Waals surface area (Å²) in [4.78, 5) is 14.2. The molecule has 0 radical (unpaired) electrons. The number of nitrogens with one attached hydrogen (secondary N) is 1. The molecule has 1 aromatic carbocycles. The van der Waals surface area contributed by atoms with Crippen molar-refractivity contribution in [2.45, 2.75) is 52.2 Å². The lowest BCUT2D eigenvalue weighted by atomic mass is 9.92. The van der Waals surface area contributed by atoms with Crippen molar-refractivity contribution in [1.82, 2.24) is 10.2 Å². The second-order valence-electron chi connectivity index (χ2n) is 7.98. The van der Waals surface area contributed by atoms with E-state index >= 15 is 0 Å². The summed E-state index contributed by atoms with van der Waals surface area (Å²) in [6.45, 7) is 9.44. The Kier molecular flexibility index (Phi) is 5.66. The minimum Gasteiger partial charge on any atom is -0.384 e. The molecule has 4 nitrogen and oxygen atoms in total. The number of aliphatic hydroxyl groups is 1. The molecule has 24 heavy (non-hydrogen) atoms. The minimum atomic E-state index is -1.05. The summed E-state index contributed by atoms with van der Waals surface area (Å²) in [5.41, 5.74) is -0.699. The van der Waals surface area contributed by atoms with Crippen molar-refractivity contribution in [2.24, 2.45) is 5.41 Å². The van der Waals surface area contributed by atoms with Gasteiger partial charge in [0, 0.05) is 31.1 Å². The van der Waals surface area contributed by atoms with E-state index in [-0.39, 0.29) is 23.2 Å². The number of piperidine rings is 1. The largest absolute Gasteiger partial charge is 0.384 e. The van der Waals surface area contributed by atoms with Crippen molar-refractivity contribution in [3.8, 4) is 0 Å². The van der Waals surface area contributed by atoms with Crippen molar-refractivity contribution in [1.29, 1.82) is 0 Å². The maximum atomic E-state index is 13.0. The van der Waals surface area contributed by atoms with Gasteiger partial charge in [-0.25, -0.2) is 4.39 Å². The fourth-order valence-corrected chi connectivity index (χ4v) is 3.02. The van der Waals surface area contributed by atoms with Crippen LogP contribution < -0.4 is 5.32 Å². The molecule has 0 spiro atoms. The maximum absolute atomic E-state index is 13.0. The Morgan fingerprint density at radius 2 is 1.75 bits per heavy atom. The molecular formula is C19H29FN2O2. The van der Waals surface area contributed by atoms with Gasteiger partial charge in [-0.1, -0.05) is 32.9 Å². The summed E-state index contributed by atoms with van der Waals surface area (Å²) < 4.78 is 13.0. The Labute approximate surface area is 144 Å². The third-order valence-corrected chi connectivity index (χ3v) is 4.62. The zero-order valence-corrected chi connectivity index (χ0v) is 15.1. The molecule has 1 atom stereocenters. The molecule has 1 heterocycles. The van der Waals surface area contributed by atoms with Gasteiger partial charge in [0.15, 0.2) is 0 Å². The Morgan fingerprint density at radius 3 is 2.25 bits per heavy atom. The van der Waals surface area contributed by atoms with E-state index in [9.17, 15) is 14.3 Å². The highest BCUT2D eigenvalue weighted by atomic mass is 19.1. The van der Waals surface area contributed by atoms with Crippen LogP contribution in [0.4, 0.5) is 4.39 Å². The van der Waals surface area contributed by atoms with E-state index in [1.807, 2.05) is 25.7 Å². The van der Waals surface area contributed by atoms with Crippen LogP contribution in [0.15, 0.2) is 24.3 Å². The van der Waals surface area contributed by atoms with Gasteiger partial charge < -0.3 is 15.3 Å². The normalized spacial score (nSPS) is 19.2. The van der Waals surface area contributed by atoms with Gasteiger partial charge in [-0.3, -0.25) is 4.79 Å². The molecule has 1 aliphatic rings.